The zero-order valence-corrected chi connectivity index (χ0v) is 38.6. The number of aromatic nitrogens is 2. The van der Waals surface area contributed by atoms with Crippen LogP contribution in [0, 0.1) is 0 Å². The Balaban J connectivity index is 1.05. The lowest BCUT2D eigenvalue weighted by Crippen LogP contribution is -2.37. The first-order valence-electron chi connectivity index (χ1n) is 22.2. The van der Waals surface area contributed by atoms with Crippen molar-refractivity contribution in [3.63, 3.8) is 0 Å². The Morgan fingerprint density at radius 2 is 1.43 bits per heavy atom. The molecule has 0 unspecified atom stereocenters. The Morgan fingerprint density at radius 3 is 2.05 bits per heavy atom. The van der Waals surface area contributed by atoms with Crippen molar-refractivity contribution >= 4 is 45.7 Å². The number of hydrogen-bond acceptors (Lipinski definition) is 13. The molecule has 1 amide bonds. The molecular weight excluding hydrogens is 811 g/mol. The fourth-order valence-corrected chi connectivity index (χ4v) is 7.24. The molecule has 1 aliphatic heterocycles. The number of nitrogens with zero attached hydrogens (tertiary/aromatic N) is 3. The van der Waals surface area contributed by atoms with Gasteiger partial charge in [0.2, 0.25) is 5.91 Å². The minimum atomic E-state index is -0.501. The molecule has 0 fully saturated rings. The molecule has 0 saturated heterocycles. The van der Waals surface area contributed by atoms with Crippen LogP contribution < -0.4 is 0 Å². The number of benzene rings is 1. The molecule has 0 saturated carbocycles. The van der Waals surface area contributed by atoms with Crippen LogP contribution in [0.25, 0.3) is 16.5 Å². The SMILES string of the molecule is CC1=CC(C)=C(CCC(=O)c2cc(C3=CCN(C(=O)COCCOCCOCC(=O)CCCOCCOCCOCCC(=O)OC(C)(C)C)CC3)cc3c2cnn3C(C)C)C(=O)C1. The minimum Gasteiger partial charge on any atom is -0.460 e. The van der Waals surface area contributed by atoms with Crippen molar-refractivity contribution in [2.24, 2.45) is 0 Å². The van der Waals surface area contributed by atoms with E-state index >= 15 is 0 Å². The average molecular weight is 880 g/mol. The molecule has 15 heteroatoms. The van der Waals surface area contributed by atoms with E-state index in [1.165, 1.54) is 0 Å². The highest BCUT2D eigenvalue weighted by Gasteiger charge is 2.24. The van der Waals surface area contributed by atoms with Crippen molar-refractivity contribution in [2.75, 3.05) is 92.4 Å². The van der Waals surface area contributed by atoms with Crippen molar-refractivity contribution in [3.05, 3.63) is 58.3 Å². The van der Waals surface area contributed by atoms with Gasteiger partial charge in [0, 0.05) is 56.0 Å². The van der Waals surface area contributed by atoms with Crippen molar-refractivity contribution < 1.29 is 57.1 Å². The summed E-state index contributed by atoms with van der Waals surface area (Å²) in [7, 11) is 0. The molecule has 2 aromatic rings. The number of carbonyl (C=O) groups excluding carboxylic acids is 5. The third kappa shape index (κ3) is 18.0. The molecule has 4 rings (SSSR count). The summed E-state index contributed by atoms with van der Waals surface area (Å²) in [6, 6.07) is 4.12. The maximum absolute atomic E-state index is 13.8. The van der Waals surface area contributed by atoms with Crippen LogP contribution in [-0.2, 0) is 52.3 Å². The van der Waals surface area contributed by atoms with E-state index in [9.17, 15) is 24.0 Å². The van der Waals surface area contributed by atoms with E-state index in [-0.39, 0.29) is 87.8 Å². The van der Waals surface area contributed by atoms with E-state index in [1.807, 2.05) is 57.5 Å². The van der Waals surface area contributed by atoms with E-state index < -0.39 is 5.60 Å². The van der Waals surface area contributed by atoms with Crippen LogP contribution >= 0.6 is 0 Å². The Hall–Kier alpha value is -4.38. The van der Waals surface area contributed by atoms with Crippen LogP contribution in [0.5, 0.6) is 0 Å². The summed E-state index contributed by atoms with van der Waals surface area (Å²) < 4.78 is 40.0. The van der Waals surface area contributed by atoms with Crippen LogP contribution in [0.4, 0.5) is 0 Å². The fraction of sp³-hybridized carbons (Fsp3) is 0.625. The molecule has 0 spiro atoms. The number of carbonyl (C=O) groups is 5. The first kappa shape index (κ1) is 51.3. The highest BCUT2D eigenvalue weighted by molar-refractivity contribution is 6.09. The van der Waals surface area contributed by atoms with E-state index in [0.29, 0.717) is 90.4 Å². The smallest absolute Gasteiger partial charge is 0.308 e. The van der Waals surface area contributed by atoms with Gasteiger partial charge in [0.05, 0.1) is 77.6 Å². The molecule has 1 aliphatic carbocycles. The van der Waals surface area contributed by atoms with Crippen molar-refractivity contribution in [3.8, 4) is 0 Å². The molecule has 0 N–H and O–H groups in total. The Kier molecular flexibility index (Phi) is 21.5. The molecule has 348 valence electrons. The zero-order chi connectivity index (χ0) is 45.8. The second kappa shape index (κ2) is 26.4. The molecule has 2 heterocycles. The summed E-state index contributed by atoms with van der Waals surface area (Å²) in [6.45, 7) is 17.8. The lowest BCUT2D eigenvalue weighted by Gasteiger charge is -2.27. The molecular formula is C48H69N3O12. The molecule has 1 aromatic heterocycles. The molecule has 15 nitrogen and oxygen atoms in total. The zero-order valence-electron chi connectivity index (χ0n) is 38.6. The molecule has 2 aliphatic rings. The summed E-state index contributed by atoms with van der Waals surface area (Å²) in [5.74, 6) is -0.348. The van der Waals surface area contributed by atoms with Gasteiger partial charge in [0.15, 0.2) is 17.3 Å². The highest BCUT2D eigenvalue weighted by atomic mass is 16.6. The number of allylic oxidation sites excluding steroid dienone is 4. The van der Waals surface area contributed by atoms with Gasteiger partial charge in [-0.1, -0.05) is 17.7 Å². The van der Waals surface area contributed by atoms with Crippen molar-refractivity contribution in [1.29, 1.82) is 0 Å². The second-order valence-electron chi connectivity index (χ2n) is 17.2. The number of fused-ring (bicyclic) bond motifs is 1. The maximum Gasteiger partial charge on any atom is 0.308 e. The summed E-state index contributed by atoms with van der Waals surface area (Å²) in [5, 5.41) is 5.40. The highest BCUT2D eigenvalue weighted by Crippen LogP contribution is 2.32. The third-order valence-corrected chi connectivity index (χ3v) is 10.3. The number of esters is 1. The summed E-state index contributed by atoms with van der Waals surface area (Å²) >= 11 is 0. The van der Waals surface area contributed by atoms with Gasteiger partial charge in [-0.05, 0) is 102 Å². The van der Waals surface area contributed by atoms with E-state index in [1.54, 1.807) is 11.1 Å². The van der Waals surface area contributed by atoms with E-state index in [4.69, 9.17) is 33.2 Å². The van der Waals surface area contributed by atoms with E-state index in [0.717, 1.165) is 38.8 Å². The Labute approximate surface area is 372 Å². The molecule has 1 aromatic carbocycles. The summed E-state index contributed by atoms with van der Waals surface area (Å²) in [5.41, 5.74) is 5.69. The fourth-order valence-electron chi connectivity index (χ4n) is 7.24. The number of Topliss-reactive ketones (excluding diaryl/α,β-unsaturated/α-hetero) is 3. The number of rotatable bonds is 29. The van der Waals surface area contributed by atoms with Gasteiger partial charge in [-0.15, -0.1) is 0 Å². The first-order chi connectivity index (χ1) is 30.1. The van der Waals surface area contributed by atoms with Crippen molar-refractivity contribution in [1.82, 2.24) is 14.7 Å². The molecule has 63 heavy (non-hydrogen) atoms. The Morgan fingerprint density at radius 1 is 0.794 bits per heavy atom. The van der Waals surface area contributed by atoms with Gasteiger partial charge in [-0.3, -0.25) is 28.7 Å². The number of amides is 1. The predicted molar refractivity (Wildman–Crippen MR) is 239 cm³/mol. The van der Waals surface area contributed by atoms with Gasteiger partial charge in [-0.2, -0.15) is 5.10 Å². The largest absolute Gasteiger partial charge is 0.460 e. The quantitative estimate of drug-likeness (QED) is 0.0486. The van der Waals surface area contributed by atoms with Crippen LogP contribution in [0.2, 0.25) is 0 Å². The van der Waals surface area contributed by atoms with Crippen LogP contribution in [0.3, 0.4) is 0 Å². The topological polar surface area (TPSA) is 171 Å². The van der Waals surface area contributed by atoms with Gasteiger partial charge in [0.1, 0.15) is 18.8 Å². The predicted octanol–water partition coefficient (Wildman–Crippen LogP) is 6.61. The lowest BCUT2D eigenvalue weighted by atomic mass is 9.88. The lowest BCUT2D eigenvalue weighted by molar-refractivity contribution is -0.156. The van der Waals surface area contributed by atoms with Crippen LogP contribution in [0.1, 0.15) is 115 Å². The molecule has 0 atom stereocenters. The maximum atomic E-state index is 13.8. The number of ether oxygens (including phenoxy) is 7. The van der Waals surface area contributed by atoms with Gasteiger partial charge >= 0.3 is 5.97 Å². The van der Waals surface area contributed by atoms with Crippen LogP contribution in [0.15, 0.2) is 47.2 Å². The first-order valence-corrected chi connectivity index (χ1v) is 22.2. The second-order valence-corrected chi connectivity index (χ2v) is 17.2. The normalized spacial score (nSPS) is 14.7. The van der Waals surface area contributed by atoms with Crippen molar-refractivity contribution in [2.45, 2.75) is 105 Å². The standard InChI is InChI=1S/C48H69N3O12/c1-34(2)51-43-30-38(29-41(42(43)31-49-51)44(53)11-10-40-36(4)27-35(3)28-45(40)54)37-12-15-50(16-13-37)46(55)33-62-26-24-60-23-25-61-32-39(52)9-8-17-57-19-21-59-22-20-58-18-14-47(56)63-48(5,6)7/h12,27,29-31,34H,8-11,13-26,28,32-33H2,1-7H3. The minimum absolute atomic E-state index is 0.00734. The van der Waals surface area contributed by atoms with Gasteiger partial charge in [0.25, 0.3) is 0 Å². The summed E-state index contributed by atoms with van der Waals surface area (Å²) in [4.78, 5) is 64.9. The molecule has 0 bridgehead atoms. The molecule has 0 radical (unpaired) electrons. The number of hydrogen-bond donors (Lipinski definition) is 0. The average Bonchev–Trinajstić information content (AvgIpc) is 3.66. The van der Waals surface area contributed by atoms with Gasteiger partial charge < -0.3 is 38.1 Å². The monoisotopic (exact) mass is 879 g/mol. The van der Waals surface area contributed by atoms with Crippen LogP contribution in [-0.4, -0.2) is 142 Å². The van der Waals surface area contributed by atoms with Gasteiger partial charge in [-0.25, -0.2) is 0 Å². The Bertz CT molecular complexity index is 1950. The third-order valence-electron chi connectivity index (χ3n) is 10.3. The van der Waals surface area contributed by atoms with E-state index in [2.05, 4.69) is 25.0 Å². The summed E-state index contributed by atoms with van der Waals surface area (Å²) in [6.07, 6.45) is 8.63. The number of ketones is 3.